The average Bonchev–Trinajstić information content (AvgIpc) is 2.87. The van der Waals surface area contributed by atoms with Gasteiger partial charge in [0.15, 0.2) is 6.10 Å². The van der Waals surface area contributed by atoms with Gasteiger partial charge in [-0.25, -0.2) is 8.42 Å². The number of carbonyl (C=O) groups excluding carboxylic acids is 1. The van der Waals surface area contributed by atoms with Crippen LogP contribution in [-0.4, -0.2) is 64.2 Å². The molecule has 1 amide bonds. The Labute approximate surface area is 199 Å². The van der Waals surface area contributed by atoms with E-state index >= 15 is 0 Å². The first-order chi connectivity index (χ1) is 16.4. The van der Waals surface area contributed by atoms with Crippen molar-refractivity contribution in [3.05, 3.63) is 66.7 Å². The van der Waals surface area contributed by atoms with Crippen LogP contribution in [0.2, 0.25) is 0 Å². The number of hydrogen-bond acceptors (Lipinski definition) is 6. The van der Waals surface area contributed by atoms with Crippen LogP contribution in [-0.2, 0) is 19.6 Å². The molecule has 0 radical (unpaired) electrons. The van der Waals surface area contributed by atoms with Gasteiger partial charge in [-0.15, -0.1) is 0 Å². The zero-order chi connectivity index (χ0) is 24.0. The van der Waals surface area contributed by atoms with Crippen LogP contribution in [0.1, 0.15) is 6.92 Å². The lowest BCUT2D eigenvalue weighted by Gasteiger charge is -2.26. The molecule has 1 heterocycles. The highest BCUT2D eigenvalue weighted by atomic mass is 32.2. The molecule has 1 aliphatic rings. The Morgan fingerprint density at radius 2 is 1.68 bits per heavy atom. The van der Waals surface area contributed by atoms with Crippen LogP contribution in [0.3, 0.4) is 0 Å². The van der Waals surface area contributed by atoms with Crippen LogP contribution in [0.5, 0.6) is 11.5 Å². The third kappa shape index (κ3) is 5.85. The number of benzene rings is 3. The highest BCUT2D eigenvalue weighted by Gasteiger charge is 2.26. The molecular formula is C25H28N2O6S. The van der Waals surface area contributed by atoms with Crippen LogP contribution in [0.25, 0.3) is 10.8 Å². The van der Waals surface area contributed by atoms with Gasteiger partial charge in [-0.1, -0.05) is 30.3 Å². The Morgan fingerprint density at radius 3 is 2.41 bits per heavy atom. The second-order valence-corrected chi connectivity index (χ2v) is 9.83. The molecule has 1 N–H and O–H groups in total. The van der Waals surface area contributed by atoms with E-state index in [0.29, 0.717) is 37.8 Å². The molecule has 9 heteroatoms. The van der Waals surface area contributed by atoms with Crippen molar-refractivity contribution in [1.82, 2.24) is 9.62 Å². The molecule has 1 atom stereocenters. The topological polar surface area (TPSA) is 94.2 Å². The number of hydrogen-bond donors (Lipinski definition) is 1. The Bertz CT molecular complexity index is 1220. The van der Waals surface area contributed by atoms with Gasteiger partial charge in [-0.2, -0.15) is 4.31 Å². The maximum Gasteiger partial charge on any atom is 0.260 e. The molecule has 0 bridgehead atoms. The average molecular weight is 485 g/mol. The van der Waals surface area contributed by atoms with E-state index in [1.165, 1.54) is 16.4 Å². The number of nitrogens with zero attached hydrogens (tertiary/aromatic N) is 1. The van der Waals surface area contributed by atoms with Crippen LogP contribution in [0, 0.1) is 0 Å². The molecule has 1 aliphatic heterocycles. The van der Waals surface area contributed by atoms with Crippen LogP contribution in [0.4, 0.5) is 0 Å². The fourth-order valence-electron chi connectivity index (χ4n) is 3.63. The third-order valence-corrected chi connectivity index (χ3v) is 7.42. The van der Waals surface area contributed by atoms with E-state index in [9.17, 15) is 13.2 Å². The second-order valence-electron chi connectivity index (χ2n) is 7.90. The second kappa shape index (κ2) is 10.9. The molecule has 0 unspecified atom stereocenters. The maximum atomic E-state index is 12.7. The minimum atomic E-state index is -3.54. The number of nitrogens with one attached hydrogen (secondary N) is 1. The van der Waals surface area contributed by atoms with Crippen molar-refractivity contribution in [2.75, 3.05) is 39.5 Å². The van der Waals surface area contributed by atoms with E-state index in [4.69, 9.17) is 14.2 Å². The van der Waals surface area contributed by atoms with Crippen molar-refractivity contribution < 1.29 is 27.4 Å². The Morgan fingerprint density at radius 1 is 1.00 bits per heavy atom. The summed E-state index contributed by atoms with van der Waals surface area (Å²) in [7, 11) is -3.54. The predicted octanol–water partition coefficient (Wildman–Crippen LogP) is 2.82. The quantitative estimate of drug-likeness (QED) is 0.470. The largest absolute Gasteiger partial charge is 0.492 e. The molecule has 0 aromatic heterocycles. The maximum absolute atomic E-state index is 12.7. The van der Waals surface area contributed by atoms with E-state index in [2.05, 4.69) is 5.32 Å². The summed E-state index contributed by atoms with van der Waals surface area (Å²) in [5.41, 5.74) is 0. The molecule has 3 aromatic carbocycles. The summed E-state index contributed by atoms with van der Waals surface area (Å²) in [4.78, 5) is 12.6. The monoisotopic (exact) mass is 484 g/mol. The summed E-state index contributed by atoms with van der Waals surface area (Å²) in [5.74, 6) is 0.907. The fraction of sp³-hybridized carbons (Fsp3) is 0.320. The first-order valence-corrected chi connectivity index (χ1v) is 12.6. The summed E-state index contributed by atoms with van der Waals surface area (Å²) in [6.45, 7) is 3.73. The van der Waals surface area contributed by atoms with E-state index < -0.39 is 16.1 Å². The predicted molar refractivity (Wildman–Crippen MR) is 129 cm³/mol. The molecule has 1 fully saturated rings. The van der Waals surface area contributed by atoms with E-state index in [1.807, 2.05) is 42.5 Å². The number of rotatable bonds is 9. The summed E-state index contributed by atoms with van der Waals surface area (Å²) in [6.07, 6.45) is -0.661. The number of fused-ring (bicyclic) bond motifs is 1. The minimum absolute atomic E-state index is 0.217. The number of ether oxygens (including phenoxy) is 3. The zero-order valence-electron chi connectivity index (χ0n) is 19.0. The molecular weight excluding hydrogens is 456 g/mol. The summed E-state index contributed by atoms with van der Waals surface area (Å²) in [6, 6.07) is 19.9. The molecule has 3 aromatic rings. The van der Waals surface area contributed by atoms with Gasteiger partial charge in [-0.05, 0) is 54.1 Å². The normalized spacial score (nSPS) is 15.6. The Kier molecular flexibility index (Phi) is 7.66. The van der Waals surface area contributed by atoms with Gasteiger partial charge in [-0.3, -0.25) is 4.79 Å². The highest BCUT2D eigenvalue weighted by Crippen LogP contribution is 2.22. The molecule has 34 heavy (non-hydrogen) atoms. The lowest BCUT2D eigenvalue weighted by Crippen LogP contribution is -2.40. The minimum Gasteiger partial charge on any atom is -0.492 e. The first-order valence-electron chi connectivity index (χ1n) is 11.2. The zero-order valence-corrected chi connectivity index (χ0v) is 19.8. The van der Waals surface area contributed by atoms with Crippen molar-refractivity contribution >= 4 is 26.7 Å². The lowest BCUT2D eigenvalue weighted by atomic mass is 10.1. The van der Waals surface area contributed by atoms with E-state index in [-0.39, 0.29) is 24.0 Å². The molecule has 0 spiro atoms. The molecule has 8 nitrogen and oxygen atoms in total. The fourth-order valence-corrected chi connectivity index (χ4v) is 5.04. The SMILES string of the molecule is C[C@H](Oc1ccc2ccccc2c1)C(=O)NCCOc1ccc(S(=O)(=O)N2CCOCC2)cc1. The Hall–Kier alpha value is -3.14. The lowest BCUT2D eigenvalue weighted by molar-refractivity contribution is -0.127. The first kappa shape index (κ1) is 24.0. The standard InChI is InChI=1S/C25H28N2O6S/c1-19(33-23-7-6-20-4-2-3-5-21(20)18-23)25(28)26-12-15-32-22-8-10-24(11-9-22)34(29,30)27-13-16-31-17-14-27/h2-11,18-19H,12-17H2,1H3,(H,26,28)/t19-/m0/s1. The summed E-state index contributed by atoms with van der Waals surface area (Å²) < 4.78 is 43.4. The van der Waals surface area contributed by atoms with Gasteiger partial charge >= 0.3 is 0 Å². The van der Waals surface area contributed by atoms with Gasteiger partial charge in [0.2, 0.25) is 10.0 Å². The summed E-state index contributed by atoms with van der Waals surface area (Å²) in [5, 5.41) is 4.94. The van der Waals surface area contributed by atoms with Crippen molar-refractivity contribution in [2.24, 2.45) is 0 Å². The van der Waals surface area contributed by atoms with Crippen molar-refractivity contribution in [2.45, 2.75) is 17.9 Å². The van der Waals surface area contributed by atoms with Gasteiger partial charge in [0, 0.05) is 13.1 Å². The van der Waals surface area contributed by atoms with E-state index in [0.717, 1.165) is 10.8 Å². The van der Waals surface area contributed by atoms with Gasteiger partial charge in [0.1, 0.15) is 18.1 Å². The molecule has 4 rings (SSSR count). The van der Waals surface area contributed by atoms with E-state index in [1.54, 1.807) is 19.1 Å². The molecule has 0 aliphatic carbocycles. The highest BCUT2D eigenvalue weighted by molar-refractivity contribution is 7.89. The Balaban J connectivity index is 1.22. The van der Waals surface area contributed by atoms with Gasteiger partial charge < -0.3 is 19.5 Å². The molecule has 1 saturated heterocycles. The number of morpholine rings is 1. The van der Waals surface area contributed by atoms with Crippen LogP contribution < -0.4 is 14.8 Å². The smallest absolute Gasteiger partial charge is 0.260 e. The van der Waals surface area contributed by atoms with Gasteiger partial charge in [0.05, 0.1) is 24.7 Å². The van der Waals surface area contributed by atoms with Crippen LogP contribution in [0.15, 0.2) is 71.6 Å². The molecule has 180 valence electrons. The number of sulfonamides is 1. The number of amides is 1. The third-order valence-electron chi connectivity index (χ3n) is 5.50. The summed E-state index contributed by atoms with van der Waals surface area (Å²) >= 11 is 0. The van der Waals surface area contributed by atoms with Crippen molar-refractivity contribution in [1.29, 1.82) is 0 Å². The van der Waals surface area contributed by atoms with Crippen LogP contribution >= 0.6 is 0 Å². The van der Waals surface area contributed by atoms with Gasteiger partial charge in [0.25, 0.3) is 5.91 Å². The molecule has 0 saturated carbocycles. The van der Waals surface area contributed by atoms with Crippen molar-refractivity contribution in [3.63, 3.8) is 0 Å². The van der Waals surface area contributed by atoms with Crippen molar-refractivity contribution in [3.8, 4) is 11.5 Å². The number of carbonyl (C=O) groups is 1.